The van der Waals surface area contributed by atoms with Crippen LogP contribution in [0.3, 0.4) is 0 Å². The number of sulfonamides is 1. The molecule has 35 heavy (non-hydrogen) atoms. The van der Waals surface area contributed by atoms with Gasteiger partial charge < -0.3 is 15.1 Å². The summed E-state index contributed by atoms with van der Waals surface area (Å²) >= 11 is 1.21. The number of carbonyl (C=O) groups is 1. The fourth-order valence-electron chi connectivity index (χ4n) is 3.81. The summed E-state index contributed by atoms with van der Waals surface area (Å²) in [6.07, 6.45) is 2.92. The molecule has 3 heterocycles. The Balaban J connectivity index is 0.000000265. The number of aromatic nitrogens is 1. The van der Waals surface area contributed by atoms with Gasteiger partial charge >= 0.3 is 0 Å². The van der Waals surface area contributed by atoms with E-state index in [0.29, 0.717) is 23.8 Å². The number of rotatable bonds is 5. The van der Waals surface area contributed by atoms with Gasteiger partial charge in [0.2, 0.25) is 5.91 Å². The van der Waals surface area contributed by atoms with Crippen molar-refractivity contribution in [3.05, 3.63) is 65.7 Å². The van der Waals surface area contributed by atoms with E-state index in [-0.39, 0.29) is 25.3 Å². The number of nitrogens with zero attached hydrogens (tertiary/aromatic N) is 3. The van der Waals surface area contributed by atoms with Gasteiger partial charge in [0.05, 0.1) is 10.6 Å². The van der Waals surface area contributed by atoms with Crippen LogP contribution in [0.15, 0.2) is 58.9 Å². The lowest BCUT2D eigenvalue weighted by Gasteiger charge is -2.29. The molecule has 0 atom stereocenters. The van der Waals surface area contributed by atoms with Crippen LogP contribution in [0.5, 0.6) is 0 Å². The zero-order valence-electron chi connectivity index (χ0n) is 18.8. The van der Waals surface area contributed by atoms with E-state index in [0.717, 1.165) is 44.4 Å². The van der Waals surface area contributed by atoms with Gasteiger partial charge in [-0.3, -0.25) is 9.52 Å². The Hall–Kier alpha value is -3.09. The summed E-state index contributed by atoms with van der Waals surface area (Å²) in [5.41, 5.74) is 1.09. The van der Waals surface area contributed by atoms with Crippen LogP contribution >= 0.6 is 11.3 Å². The van der Waals surface area contributed by atoms with E-state index in [1.54, 1.807) is 22.4 Å². The number of nitrogens with one attached hydrogen (secondary N) is 2. The minimum atomic E-state index is -3.64. The molecule has 2 fully saturated rings. The molecule has 0 radical (unpaired) electrons. The van der Waals surface area contributed by atoms with Crippen LogP contribution in [0.4, 0.5) is 25.3 Å². The van der Waals surface area contributed by atoms with Crippen LogP contribution in [0.1, 0.15) is 15.7 Å². The predicted octanol–water partition coefficient (Wildman–Crippen LogP) is 3.94. The third kappa shape index (κ3) is 6.32. The van der Waals surface area contributed by atoms with Crippen LogP contribution in [-0.4, -0.2) is 52.0 Å². The number of halogens is 2. The zero-order valence-corrected chi connectivity index (χ0v) is 20.4. The molecule has 8 nitrogen and oxygen atoms in total. The maximum absolute atomic E-state index is 13.3. The molecule has 0 bridgehead atoms. The van der Waals surface area contributed by atoms with E-state index >= 15 is 0 Å². The van der Waals surface area contributed by atoms with Crippen molar-refractivity contribution in [2.24, 2.45) is 0 Å². The van der Waals surface area contributed by atoms with Gasteiger partial charge in [-0.1, -0.05) is 0 Å². The van der Waals surface area contributed by atoms with Crippen molar-refractivity contribution < 1.29 is 24.8 Å². The van der Waals surface area contributed by atoms with E-state index in [1.807, 2.05) is 4.90 Å². The SMILES string of the molecule is Fc1ccc(F)c(N2CCNCC2)c1.O=C1CCCN1c1ccc(S(=O)(=O)Nc2nccs2)cc1.[HH].[HH]. The number of piperazine rings is 1. The highest BCUT2D eigenvalue weighted by Gasteiger charge is 2.22. The average molecular weight is 526 g/mol. The molecular formula is C23H29F2N5O3S2. The second-order valence-electron chi connectivity index (χ2n) is 7.92. The lowest BCUT2D eigenvalue weighted by atomic mass is 10.2. The fourth-order valence-corrected chi connectivity index (χ4v) is 5.60. The molecule has 1 amide bonds. The predicted molar refractivity (Wildman–Crippen MR) is 137 cm³/mol. The van der Waals surface area contributed by atoms with Crippen molar-refractivity contribution >= 4 is 43.8 Å². The lowest BCUT2D eigenvalue weighted by molar-refractivity contribution is -0.117. The number of benzene rings is 2. The number of anilines is 3. The zero-order chi connectivity index (χ0) is 24.8. The number of thiazole rings is 1. The smallest absolute Gasteiger partial charge is 0.263 e. The molecular weight excluding hydrogens is 496 g/mol. The third-order valence-corrected chi connectivity index (χ3v) is 7.72. The summed E-state index contributed by atoms with van der Waals surface area (Å²) in [6, 6.07) is 9.86. The minimum Gasteiger partial charge on any atom is -0.367 e. The van der Waals surface area contributed by atoms with Crippen LogP contribution < -0.4 is 19.8 Å². The summed E-state index contributed by atoms with van der Waals surface area (Å²) < 4.78 is 53.0. The molecule has 12 heteroatoms. The van der Waals surface area contributed by atoms with Gasteiger partial charge in [0.25, 0.3) is 10.0 Å². The maximum atomic E-state index is 13.3. The highest BCUT2D eigenvalue weighted by atomic mass is 32.2. The number of amides is 1. The number of hydrogen-bond acceptors (Lipinski definition) is 7. The Morgan fingerprint density at radius 1 is 1.06 bits per heavy atom. The van der Waals surface area contributed by atoms with Gasteiger partial charge in [0.1, 0.15) is 11.6 Å². The second-order valence-corrected chi connectivity index (χ2v) is 10.5. The second kappa shape index (κ2) is 11.1. The molecule has 1 aromatic heterocycles. The van der Waals surface area contributed by atoms with Gasteiger partial charge in [0.15, 0.2) is 5.13 Å². The molecule has 0 aliphatic carbocycles. The summed E-state index contributed by atoms with van der Waals surface area (Å²) in [5.74, 6) is -0.667. The van der Waals surface area contributed by atoms with Gasteiger partial charge in [-0.15, -0.1) is 11.3 Å². The molecule has 0 saturated carbocycles. The highest BCUT2D eigenvalue weighted by molar-refractivity contribution is 7.93. The van der Waals surface area contributed by atoms with E-state index < -0.39 is 10.0 Å². The van der Waals surface area contributed by atoms with Crippen LogP contribution in [0.2, 0.25) is 0 Å². The molecule has 2 saturated heterocycles. The normalized spacial score (nSPS) is 16.1. The fraction of sp³-hybridized carbons (Fsp3) is 0.304. The molecule has 2 aliphatic rings. The summed E-state index contributed by atoms with van der Waals surface area (Å²) in [5, 5.41) is 5.18. The van der Waals surface area contributed by atoms with Crippen LogP contribution in [-0.2, 0) is 14.8 Å². The standard InChI is InChI=1S/C13H13N3O3S2.C10H12F2N2.2H2/c17-12-2-1-8-16(12)10-3-5-11(6-4-10)21(18,19)15-13-14-7-9-20-13;11-8-1-2-9(12)10(7-8)14-5-3-13-4-6-14;;/h3-7,9H,1-2,8H2,(H,14,15);1-2,7,13H,3-6H2;2*1H. The van der Waals surface area contributed by atoms with Crippen molar-refractivity contribution in [1.82, 2.24) is 10.3 Å². The molecule has 2 aliphatic heterocycles. The molecule has 2 aromatic carbocycles. The monoisotopic (exact) mass is 525 g/mol. The number of carbonyl (C=O) groups excluding carboxylic acids is 1. The van der Waals surface area contributed by atoms with Gasteiger partial charge in [-0.05, 0) is 42.8 Å². The summed E-state index contributed by atoms with van der Waals surface area (Å²) in [6.45, 7) is 3.76. The van der Waals surface area contributed by atoms with Crippen molar-refractivity contribution in [2.45, 2.75) is 17.7 Å². The molecule has 3 aromatic rings. The highest BCUT2D eigenvalue weighted by Crippen LogP contribution is 2.24. The summed E-state index contributed by atoms with van der Waals surface area (Å²) in [7, 11) is -3.64. The summed E-state index contributed by atoms with van der Waals surface area (Å²) in [4.78, 5) is 19.2. The Morgan fingerprint density at radius 2 is 1.80 bits per heavy atom. The van der Waals surface area contributed by atoms with Gasteiger partial charge in [0, 0.05) is 65.3 Å². The Morgan fingerprint density at radius 3 is 2.43 bits per heavy atom. The lowest BCUT2D eigenvalue weighted by Crippen LogP contribution is -2.43. The molecule has 5 rings (SSSR count). The molecule has 2 N–H and O–H groups in total. The van der Waals surface area contributed by atoms with E-state index in [9.17, 15) is 22.0 Å². The van der Waals surface area contributed by atoms with E-state index in [4.69, 9.17) is 0 Å². The Kier molecular flexibility index (Phi) is 7.93. The molecule has 190 valence electrons. The first-order chi connectivity index (χ1) is 16.8. The number of hydrogen-bond donors (Lipinski definition) is 2. The third-order valence-electron chi connectivity index (χ3n) is 5.55. The first-order valence-corrected chi connectivity index (χ1v) is 13.4. The quantitative estimate of drug-likeness (QED) is 0.524. The van der Waals surface area contributed by atoms with Crippen LogP contribution in [0, 0.1) is 11.6 Å². The maximum Gasteiger partial charge on any atom is 0.263 e. The van der Waals surface area contributed by atoms with Crippen molar-refractivity contribution in [3.8, 4) is 0 Å². The Bertz CT molecular complexity index is 1260. The van der Waals surface area contributed by atoms with Gasteiger partial charge in [-0.2, -0.15) is 0 Å². The van der Waals surface area contributed by atoms with E-state index in [1.165, 1.54) is 41.8 Å². The molecule has 0 unspecified atom stereocenters. The first kappa shape index (κ1) is 25.0. The minimum absolute atomic E-state index is 0. The van der Waals surface area contributed by atoms with Gasteiger partial charge in [-0.25, -0.2) is 22.2 Å². The van der Waals surface area contributed by atoms with Crippen molar-refractivity contribution in [3.63, 3.8) is 0 Å². The van der Waals surface area contributed by atoms with Crippen molar-refractivity contribution in [2.75, 3.05) is 47.2 Å². The van der Waals surface area contributed by atoms with E-state index in [2.05, 4.69) is 15.0 Å². The average Bonchev–Trinajstić information content (AvgIpc) is 3.53. The topological polar surface area (TPSA) is 94.6 Å². The van der Waals surface area contributed by atoms with Crippen LogP contribution in [0.25, 0.3) is 0 Å². The van der Waals surface area contributed by atoms with Crippen molar-refractivity contribution in [1.29, 1.82) is 0 Å². The molecule has 0 spiro atoms. The Labute approximate surface area is 209 Å². The first-order valence-electron chi connectivity index (χ1n) is 11.1. The largest absolute Gasteiger partial charge is 0.367 e.